The largest absolute Gasteiger partial charge is 0.497 e. The van der Waals surface area contributed by atoms with Crippen molar-refractivity contribution in [1.29, 1.82) is 0 Å². The van der Waals surface area contributed by atoms with Crippen molar-refractivity contribution in [3.05, 3.63) is 121 Å². The van der Waals surface area contributed by atoms with Gasteiger partial charge in [0, 0.05) is 17.7 Å². The average molecular weight is 594 g/mol. The number of hydrogen-bond acceptors (Lipinski definition) is 7. The fraction of sp³-hybridized carbons (Fsp3) is 0.235. The lowest BCUT2D eigenvalue weighted by Gasteiger charge is -2.26. The highest BCUT2D eigenvalue weighted by atomic mass is 32.1. The molecule has 0 aliphatic carbocycles. The first-order chi connectivity index (χ1) is 21.0. The zero-order chi connectivity index (χ0) is 30.1. The van der Waals surface area contributed by atoms with Gasteiger partial charge in [-0.2, -0.15) is 0 Å². The number of methoxy groups -OCH3 is 1. The summed E-state index contributed by atoms with van der Waals surface area (Å²) in [6.07, 6.45) is 1.78. The van der Waals surface area contributed by atoms with Gasteiger partial charge in [-0.3, -0.25) is 14.2 Å². The van der Waals surface area contributed by atoms with E-state index in [2.05, 4.69) is 6.92 Å². The topological polar surface area (TPSA) is 90.2 Å². The van der Waals surface area contributed by atoms with Gasteiger partial charge in [-0.05, 0) is 37.1 Å². The van der Waals surface area contributed by atoms with Crippen LogP contribution in [0.2, 0.25) is 0 Å². The minimum atomic E-state index is -0.839. The van der Waals surface area contributed by atoms with E-state index in [-0.39, 0.29) is 23.6 Å². The predicted octanol–water partition coefficient (Wildman–Crippen LogP) is 4.46. The van der Waals surface area contributed by atoms with E-state index in [0.29, 0.717) is 38.5 Å². The molecule has 0 spiro atoms. The standard InChI is InChI=1S/C34H31N3O5S/c1-4-6-20-36-25-15-11-10-14-24(25)26(31(36)38)30-32(39)37-29(22-16-18-23(41-3)19-17-22)27(33(40)42-5-2)28(35-34(37)43-30)21-12-8-7-9-13-21/h7-19,29H,4-6,20H2,1-3H3/b30-26+/t29-/m1/s1. The zero-order valence-corrected chi connectivity index (χ0v) is 25.0. The maximum Gasteiger partial charge on any atom is 0.338 e. The number of rotatable bonds is 8. The van der Waals surface area contributed by atoms with Gasteiger partial charge < -0.3 is 14.4 Å². The van der Waals surface area contributed by atoms with Gasteiger partial charge in [0.1, 0.15) is 10.3 Å². The first kappa shape index (κ1) is 28.4. The van der Waals surface area contributed by atoms with Crippen LogP contribution >= 0.6 is 11.3 Å². The Kier molecular flexibility index (Phi) is 7.82. The fourth-order valence-electron chi connectivity index (χ4n) is 5.63. The van der Waals surface area contributed by atoms with Gasteiger partial charge in [-0.1, -0.05) is 85.3 Å². The van der Waals surface area contributed by atoms with Crippen LogP contribution < -0.4 is 24.5 Å². The molecular weight excluding hydrogens is 562 g/mol. The number of nitrogens with zero attached hydrogens (tertiary/aromatic N) is 3. The summed E-state index contributed by atoms with van der Waals surface area (Å²) < 4.78 is 12.7. The van der Waals surface area contributed by atoms with Gasteiger partial charge in [0.25, 0.3) is 11.5 Å². The SMILES string of the molecule is CCCCN1C(=O)/C(=c2/sc3n(c2=O)[C@H](c2ccc(OC)cc2)C(C(=O)OCC)=C(c2ccccc2)N=3)c2ccccc21. The third-order valence-corrected chi connectivity index (χ3v) is 8.72. The van der Waals surface area contributed by atoms with E-state index in [1.165, 1.54) is 15.9 Å². The normalized spacial score (nSPS) is 17.0. The lowest BCUT2D eigenvalue weighted by Crippen LogP contribution is -2.41. The molecule has 4 aromatic rings. The third-order valence-electron chi connectivity index (χ3n) is 7.67. The van der Waals surface area contributed by atoms with Gasteiger partial charge in [0.2, 0.25) is 0 Å². The second-order valence-electron chi connectivity index (χ2n) is 10.2. The predicted molar refractivity (Wildman–Crippen MR) is 167 cm³/mol. The Labute approximate surface area is 252 Å². The number of amides is 1. The molecule has 3 heterocycles. The zero-order valence-electron chi connectivity index (χ0n) is 24.2. The molecule has 2 aliphatic rings. The Morgan fingerprint density at radius 2 is 1.67 bits per heavy atom. The number of aromatic nitrogens is 1. The van der Waals surface area contributed by atoms with Gasteiger partial charge in [-0.25, -0.2) is 9.79 Å². The van der Waals surface area contributed by atoms with Crippen LogP contribution in [0, 0.1) is 0 Å². The molecule has 9 heteroatoms. The second kappa shape index (κ2) is 11.9. The van der Waals surface area contributed by atoms with Crippen molar-refractivity contribution in [2.75, 3.05) is 25.2 Å². The molecule has 218 valence electrons. The molecule has 1 atom stereocenters. The van der Waals surface area contributed by atoms with Crippen LogP contribution in [0.25, 0.3) is 11.3 Å². The summed E-state index contributed by atoms with van der Waals surface area (Å²) in [6, 6.07) is 23.4. The molecule has 43 heavy (non-hydrogen) atoms. The van der Waals surface area contributed by atoms with Crippen molar-refractivity contribution in [2.45, 2.75) is 32.7 Å². The van der Waals surface area contributed by atoms with Crippen LogP contribution in [0.4, 0.5) is 5.69 Å². The summed E-state index contributed by atoms with van der Waals surface area (Å²) in [6.45, 7) is 4.55. The maximum atomic E-state index is 14.5. The van der Waals surface area contributed by atoms with Crippen molar-refractivity contribution in [1.82, 2.24) is 4.57 Å². The molecule has 0 saturated heterocycles. The smallest absolute Gasteiger partial charge is 0.338 e. The molecule has 0 radical (unpaired) electrons. The maximum absolute atomic E-state index is 14.5. The molecule has 0 saturated carbocycles. The summed E-state index contributed by atoms with van der Waals surface area (Å²) in [5.74, 6) is -0.116. The Morgan fingerprint density at radius 1 is 0.953 bits per heavy atom. The Hall–Kier alpha value is -4.76. The summed E-state index contributed by atoms with van der Waals surface area (Å²) in [4.78, 5) is 49.1. The van der Waals surface area contributed by atoms with Gasteiger partial charge in [0.05, 0.1) is 42.3 Å². The summed E-state index contributed by atoms with van der Waals surface area (Å²) in [7, 11) is 1.58. The number of benzene rings is 3. The number of para-hydroxylation sites is 1. The quantitative estimate of drug-likeness (QED) is 0.282. The first-order valence-electron chi connectivity index (χ1n) is 14.3. The highest BCUT2D eigenvalue weighted by Gasteiger charge is 2.38. The van der Waals surface area contributed by atoms with E-state index in [1.807, 2.05) is 66.7 Å². The third kappa shape index (κ3) is 4.89. The van der Waals surface area contributed by atoms with Crippen LogP contribution in [0.15, 0.2) is 94.2 Å². The fourth-order valence-corrected chi connectivity index (χ4v) is 6.72. The number of carbonyl (C=O) groups excluding carboxylic acids is 2. The molecule has 0 N–H and O–H groups in total. The molecule has 1 amide bonds. The van der Waals surface area contributed by atoms with Crippen LogP contribution in [0.3, 0.4) is 0 Å². The van der Waals surface area contributed by atoms with Crippen LogP contribution in [-0.4, -0.2) is 36.7 Å². The van der Waals surface area contributed by atoms with Crippen LogP contribution in [0.1, 0.15) is 49.4 Å². The number of unbranched alkanes of at least 4 members (excludes halogenated alkanes) is 1. The Balaban J connectivity index is 1.67. The van der Waals surface area contributed by atoms with Gasteiger partial charge in [0.15, 0.2) is 4.80 Å². The summed E-state index contributed by atoms with van der Waals surface area (Å²) in [5.41, 5.74) is 3.60. The van der Waals surface area contributed by atoms with Crippen molar-refractivity contribution < 1.29 is 19.1 Å². The Bertz CT molecular complexity index is 1920. The number of ether oxygens (including phenoxy) is 2. The van der Waals surface area contributed by atoms with E-state index in [1.54, 1.807) is 31.1 Å². The van der Waals surface area contributed by atoms with Crippen molar-refractivity contribution in [3.8, 4) is 5.75 Å². The molecule has 8 nitrogen and oxygen atoms in total. The van der Waals surface area contributed by atoms with E-state index in [9.17, 15) is 14.4 Å². The highest BCUT2D eigenvalue weighted by molar-refractivity contribution is 7.07. The summed E-state index contributed by atoms with van der Waals surface area (Å²) >= 11 is 1.17. The summed E-state index contributed by atoms with van der Waals surface area (Å²) in [5, 5.41) is 0. The van der Waals surface area contributed by atoms with Crippen LogP contribution in [-0.2, 0) is 14.3 Å². The molecule has 2 aliphatic heterocycles. The van der Waals surface area contributed by atoms with Crippen LogP contribution in [0.5, 0.6) is 5.75 Å². The van der Waals surface area contributed by atoms with E-state index >= 15 is 0 Å². The molecule has 6 rings (SSSR count). The number of anilines is 1. The van der Waals surface area contributed by atoms with Gasteiger partial charge >= 0.3 is 5.97 Å². The second-order valence-corrected chi connectivity index (χ2v) is 11.2. The Morgan fingerprint density at radius 3 is 2.37 bits per heavy atom. The first-order valence-corrected chi connectivity index (χ1v) is 15.2. The highest BCUT2D eigenvalue weighted by Crippen LogP contribution is 2.37. The van der Waals surface area contributed by atoms with E-state index in [0.717, 1.165) is 29.7 Å². The average Bonchev–Trinajstić information content (AvgIpc) is 3.51. The number of carbonyl (C=O) groups is 2. The number of thiazole rings is 1. The van der Waals surface area contributed by atoms with Crippen molar-refractivity contribution >= 4 is 40.2 Å². The number of esters is 1. The van der Waals surface area contributed by atoms with E-state index < -0.39 is 12.0 Å². The molecular formula is C34H31N3O5S. The van der Waals surface area contributed by atoms with Crippen molar-refractivity contribution in [3.63, 3.8) is 0 Å². The number of hydrogen-bond donors (Lipinski definition) is 0. The lowest BCUT2D eigenvalue weighted by molar-refractivity contribution is -0.138. The minimum Gasteiger partial charge on any atom is -0.497 e. The molecule has 0 unspecified atom stereocenters. The molecule has 0 bridgehead atoms. The molecule has 0 fully saturated rings. The lowest BCUT2D eigenvalue weighted by atomic mass is 9.93. The molecule has 3 aromatic carbocycles. The van der Waals surface area contributed by atoms with Crippen molar-refractivity contribution in [2.24, 2.45) is 4.99 Å². The monoisotopic (exact) mass is 593 g/mol. The molecule has 1 aromatic heterocycles. The van der Waals surface area contributed by atoms with Gasteiger partial charge in [-0.15, -0.1) is 0 Å². The minimum absolute atomic E-state index is 0.160. The van der Waals surface area contributed by atoms with E-state index in [4.69, 9.17) is 14.5 Å². The number of fused-ring (bicyclic) bond motifs is 2.